The maximum Gasteiger partial charge on any atom is 0.0702 e. The van der Waals surface area contributed by atoms with Crippen LogP contribution in [0.25, 0.3) is 10.9 Å². The summed E-state index contributed by atoms with van der Waals surface area (Å²) < 4.78 is 0. The SMILES string of the molecule is CCNC(c1ccc2ncccc2c1)c1ccncc1C. The maximum absolute atomic E-state index is 4.39. The molecule has 0 bridgehead atoms. The van der Waals surface area contributed by atoms with Crippen molar-refractivity contribution in [2.45, 2.75) is 19.9 Å². The molecule has 0 radical (unpaired) electrons. The molecular weight excluding hydrogens is 258 g/mol. The highest BCUT2D eigenvalue weighted by molar-refractivity contribution is 5.79. The Balaban J connectivity index is 2.09. The molecule has 3 nitrogen and oxygen atoms in total. The zero-order valence-electron chi connectivity index (χ0n) is 12.4. The minimum atomic E-state index is 0.183. The molecule has 0 aliphatic heterocycles. The minimum absolute atomic E-state index is 0.183. The number of pyridine rings is 2. The third kappa shape index (κ3) is 2.78. The minimum Gasteiger partial charge on any atom is -0.307 e. The van der Waals surface area contributed by atoms with E-state index in [1.165, 1.54) is 22.1 Å². The quantitative estimate of drug-likeness (QED) is 0.791. The number of benzene rings is 1. The summed E-state index contributed by atoms with van der Waals surface area (Å²) in [6.07, 6.45) is 5.61. The monoisotopic (exact) mass is 277 g/mol. The number of hydrogen-bond donors (Lipinski definition) is 1. The van der Waals surface area contributed by atoms with Gasteiger partial charge in [0.1, 0.15) is 0 Å². The van der Waals surface area contributed by atoms with Crippen molar-refractivity contribution in [3.63, 3.8) is 0 Å². The molecule has 0 fully saturated rings. The van der Waals surface area contributed by atoms with Crippen molar-refractivity contribution >= 4 is 10.9 Å². The second-order valence-corrected chi connectivity index (χ2v) is 5.18. The molecule has 1 N–H and O–H groups in total. The van der Waals surface area contributed by atoms with Gasteiger partial charge in [-0.1, -0.05) is 19.1 Å². The second kappa shape index (κ2) is 6.02. The molecular formula is C18H19N3. The summed E-state index contributed by atoms with van der Waals surface area (Å²) in [5.41, 5.74) is 4.76. The summed E-state index contributed by atoms with van der Waals surface area (Å²) >= 11 is 0. The zero-order chi connectivity index (χ0) is 14.7. The molecule has 106 valence electrons. The lowest BCUT2D eigenvalue weighted by molar-refractivity contribution is 0.627. The van der Waals surface area contributed by atoms with Crippen molar-refractivity contribution in [3.05, 3.63) is 71.7 Å². The lowest BCUT2D eigenvalue weighted by Gasteiger charge is -2.21. The van der Waals surface area contributed by atoms with Crippen molar-refractivity contribution < 1.29 is 0 Å². The molecule has 0 saturated carbocycles. The number of fused-ring (bicyclic) bond motifs is 1. The summed E-state index contributed by atoms with van der Waals surface area (Å²) in [6, 6.07) is 12.8. The van der Waals surface area contributed by atoms with Crippen LogP contribution in [-0.4, -0.2) is 16.5 Å². The Bertz CT molecular complexity index is 752. The van der Waals surface area contributed by atoms with Gasteiger partial charge in [0.15, 0.2) is 0 Å². The largest absolute Gasteiger partial charge is 0.307 e. The highest BCUT2D eigenvalue weighted by Crippen LogP contribution is 2.26. The second-order valence-electron chi connectivity index (χ2n) is 5.18. The summed E-state index contributed by atoms with van der Waals surface area (Å²) in [5.74, 6) is 0. The molecule has 1 aromatic carbocycles. The number of rotatable bonds is 4. The highest BCUT2D eigenvalue weighted by atomic mass is 14.9. The van der Waals surface area contributed by atoms with Crippen LogP contribution in [0.3, 0.4) is 0 Å². The zero-order valence-corrected chi connectivity index (χ0v) is 12.4. The van der Waals surface area contributed by atoms with E-state index >= 15 is 0 Å². The van der Waals surface area contributed by atoms with Gasteiger partial charge < -0.3 is 5.32 Å². The van der Waals surface area contributed by atoms with E-state index in [4.69, 9.17) is 0 Å². The van der Waals surface area contributed by atoms with E-state index < -0.39 is 0 Å². The van der Waals surface area contributed by atoms with Crippen LogP contribution in [0.5, 0.6) is 0 Å². The van der Waals surface area contributed by atoms with Crippen molar-refractivity contribution in [3.8, 4) is 0 Å². The molecule has 0 saturated heterocycles. The van der Waals surface area contributed by atoms with Gasteiger partial charge in [0.05, 0.1) is 11.6 Å². The van der Waals surface area contributed by atoms with Crippen molar-refractivity contribution in [2.75, 3.05) is 6.54 Å². The molecule has 0 amide bonds. The normalized spacial score (nSPS) is 12.5. The van der Waals surface area contributed by atoms with E-state index in [2.05, 4.69) is 59.5 Å². The first kappa shape index (κ1) is 13.7. The van der Waals surface area contributed by atoms with E-state index in [0.717, 1.165) is 12.1 Å². The molecule has 0 spiro atoms. The topological polar surface area (TPSA) is 37.8 Å². The maximum atomic E-state index is 4.39. The van der Waals surface area contributed by atoms with Crippen molar-refractivity contribution in [2.24, 2.45) is 0 Å². The van der Waals surface area contributed by atoms with Crippen LogP contribution >= 0.6 is 0 Å². The van der Waals surface area contributed by atoms with Gasteiger partial charge in [-0.2, -0.15) is 0 Å². The Morgan fingerprint density at radius 2 is 2.05 bits per heavy atom. The Morgan fingerprint density at radius 3 is 2.86 bits per heavy atom. The van der Waals surface area contributed by atoms with Crippen LogP contribution in [-0.2, 0) is 0 Å². The lowest BCUT2D eigenvalue weighted by atomic mass is 9.95. The Hall–Kier alpha value is -2.26. The molecule has 3 aromatic rings. The van der Waals surface area contributed by atoms with Crippen molar-refractivity contribution in [1.29, 1.82) is 0 Å². The Kier molecular flexibility index (Phi) is 3.93. The summed E-state index contributed by atoms with van der Waals surface area (Å²) in [5, 5.41) is 4.74. The van der Waals surface area contributed by atoms with Crippen LogP contribution in [0, 0.1) is 6.92 Å². The number of aryl methyl sites for hydroxylation is 1. The van der Waals surface area contributed by atoms with Gasteiger partial charge in [0.25, 0.3) is 0 Å². The number of nitrogens with zero attached hydrogens (tertiary/aromatic N) is 2. The van der Waals surface area contributed by atoms with Crippen LogP contribution in [0.2, 0.25) is 0 Å². The van der Waals surface area contributed by atoms with Crippen molar-refractivity contribution in [1.82, 2.24) is 15.3 Å². The predicted octanol–water partition coefficient (Wildman–Crippen LogP) is 3.64. The molecule has 3 rings (SSSR count). The molecule has 1 atom stereocenters. The van der Waals surface area contributed by atoms with Crippen LogP contribution in [0.1, 0.15) is 29.7 Å². The Labute approximate surface area is 125 Å². The number of aromatic nitrogens is 2. The van der Waals surface area contributed by atoms with Gasteiger partial charge in [-0.05, 0) is 54.4 Å². The first-order valence-corrected chi connectivity index (χ1v) is 7.28. The van der Waals surface area contributed by atoms with E-state index in [9.17, 15) is 0 Å². The molecule has 0 aliphatic carbocycles. The van der Waals surface area contributed by atoms with Gasteiger partial charge in [0.2, 0.25) is 0 Å². The summed E-state index contributed by atoms with van der Waals surface area (Å²) in [7, 11) is 0. The fraction of sp³-hybridized carbons (Fsp3) is 0.222. The van der Waals surface area contributed by atoms with Crippen LogP contribution in [0.4, 0.5) is 0 Å². The molecule has 21 heavy (non-hydrogen) atoms. The van der Waals surface area contributed by atoms with Gasteiger partial charge in [-0.15, -0.1) is 0 Å². The number of nitrogens with one attached hydrogen (secondary N) is 1. The van der Waals surface area contributed by atoms with Crippen LogP contribution < -0.4 is 5.32 Å². The Morgan fingerprint density at radius 1 is 1.14 bits per heavy atom. The third-order valence-electron chi connectivity index (χ3n) is 3.74. The van der Waals surface area contributed by atoms with E-state index in [1.54, 1.807) is 0 Å². The summed E-state index contributed by atoms with van der Waals surface area (Å²) in [6.45, 7) is 5.15. The third-order valence-corrected chi connectivity index (χ3v) is 3.74. The molecule has 3 heteroatoms. The van der Waals surface area contributed by atoms with E-state index in [0.29, 0.717) is 0 Å². The number of hydrogen-bond acceptors (Lipinski definition) is 3. The molecule has 1 unspecified atom stereocenters. The van der Waals surface area contributed by atoms with Gasteiger partial charge >= 0.3 is 0 Å². The predicted molar refractivity (Wildman–Crippen MR) is 86.2 cm³/mol. The van der Waals surface area contributed by atoms with Gasteiger partial charge in [-0.3, -0.25) is 9.97 Å². The molecule has 2 aromatic heterocycles. The average molecular weight is 277 g/mol. The van der Waals surface area contributed by atoms with E-state index in [1.807, 2.05) is 24.7 Å². The van der Waals surface area contributed by atoms with Crippen LogP contribution in [0.15, 0.2) is 55.0 Å². The highest BCUT2D eigenvalue weighted by Gasteiger charge is 2.15. The first-order chi connectivity index (χ1) is 10.3. The standard InChI is InChI=1S/C18H19N3/c1-3-20-18(16-8-10-19-12-13(16)2)15-6-7-17-14(11-15)5-4-9-21-17/h4-12,18,20H,3H2,1-2H3. The first-order valence-electron chi connectivity index (χ1n) is 7.28. The smallest absolute Gasteiger partial charge is 0.0702 e. The molecule has 2 heterocycles. The summed E-state index contributed by atoms with van der Waals surface area (Å²) in [4.78, 5) is 8.58. The molecule has 0 aliphatic rings. The van der Waals surface area contributed by atoms with Gasteiger partial charge in [-0.25, -0.2) is 0 Å². The fourth-order valence-electron chi connectivity index (χ4n) is 2.69. The lowest BCUT2D eigenvalue weighted by Crippen LogP contribution is -2.22. The fourth-order valence-corrected chi connectivity index (χ4v) is 2.69. The van der Waals surface area contributed by atoms with Gasteiger partial charge in [0, 0.05) is 24.0 Å². The average Bonchev–Trinajstić information content (AvgIpc) is 2.53. The van der Waals surface area contributed by atoms with E-state index in [-0.39, 0.29) is 6.04 Å².